The van der Waals surface area contributed by atoms with Gasteiger partial charge in [0.1, 0.15) is 11.6 Å². The number of nitrogens with one attached hydrogen (secondary N) is 2. The van der Waals surface area contributed by atoms with Crippen LogP contribution in [-0.2, 0) is 19.7 Å². The van der Waals surface area contributed by atoms with Gasteiger partial charge >= 0.3 is 0 Å². The Morgan fingerprint density at radius 2 is 1.76 bits per heavy atom. The number of hydrogen-bond donors (Lipinski definition) is 2. The first-order valence-corrected chi connectivity index (χ1v) is 11.4. The maximum atomic E-state index is 12.6. The van der Waals surface area contributed by atoms with E-state index in [2.05, 4.69) is 36.3 Å². The SMILES string of the molecule is COc1ccc(-n2nc(C(C)(C)C)cc2NC(=O)CCC(=O)NCCN2CCOCC2)cc1. The second-order valence-corrected chi connectivity index (χ2v) is 9.13. The summed E-state index contributed by atoms with van der Waals surface area (Å²) in [5, 5.41) is 10.5. The van der Waals surface area contributed by atoms with Gasteiger partial charge in [0, 0.05) is 50.5 Å². The van der Waals surface area contributed by atoms with Crippen molar-refractivity contribution in [2.75, 3.05) is 51.8 Å². The number of carbonyl (C=O) groups is 2. The van der Waals surface area contributed by atoms with Gasteiger partial charge < -0.3 is 20.1 Å². The molecule has 0 aliphatic carbocycles. The fourth-order valence-corrected chi connectivity index (χ4v) is 3.46. The average molecular weight is 458 g/mol. The molecule has 2 heterocycles. The van der Waals surface area contributed by atoms with Crippen molar-refractivity contribution in [2.24, 2.45) is 0 Å². The Morgan fingerprint density at radius 3 is 2.39 bits per heavy atom. The molecule has 0 atom stereocenters. The van der Waals surface area contributed by atoms with Crippen molar-refractivity contribution in [1.29, 1.82) is 0 Å². The zero-order valence-electron chi connectivity index (χ0n) is 20.0. The number of benzene rings is 1. The Balaban J connectivity index is 1.56. The summed E-state index contributed by atoms with van der Waals surface area (Å²) >= 11 is 0. The van der Waals surface area contributed by atoms with Gasteiger partial charge in [-0.15, -0.1) is 0 Å². The lowest BCUT2D eigenvalue weighted by Gasteiger charge is -2.26. The molecule has 1 saturated heterocycles. The van der Waals surface area contributed by atoms with E-state index in [0.29, 0.717) is 12.4 Å². The number of hydrogen-bond acceptors (Lipinski definition) is 6. The molecule has 1 fully saturated rings. The largest absolute Gasteiger partial charge is 0.497 e. The van der Waals surface area contributed by atoms with Gasteiger partial charge in [0.2, 0.25) is 11.8 Å². The number of carbonyl (C=O) groups excluding carboxylic acids is 2. The van der Waals surface area contributed by atoms with E-state index in [9.17, 15) is 9.59 Å². The molecule has 2 N–H and O–H groups in total. The smallest absolute Gasteiger partial charge is 0.226 e. The monoisotopic (exact) mass is 457 g/mol. The molecule has 0 saturated carbocycles. The standard InChI is InChI=1S/C24H35N5O4/c1-24(2,3)20-17-21(29(27-20)18-5-7-19(32-4)8-6-18)26-23(31)10-9-22(30)25-11-12-28-13-15-33-16-14-28/h5-8,17H,9-16H2,1-4H3,(H,25,30)(H,26,31). The summed E-state index contributed by atoms with van der Waals surface area (Å²) in [6.45, 7) is 10.8. The van der Waals surface area contributed by atoms with E-state index in [1.54, 1.807) is 11.8 Å². The summed E-state index contributed by atoms with van der Waals surface area (Å²) in [7, 11) is 1.62. The molecular weight excluding hydrogens is 422 g/mol. The molecule has 1 aromatic carbocycles. The predicted octanol–water partition coefficient (Wildman–Crippen LogP) is 2.35. The normalized spacial score (nSPS) is 14.7. The van der Waals surface area contributed by atoms with Gasteiger partial charge in [-0.25, -0.2) is 4.68 Å². The van der Waals surface area contributed by atoms with E-state index in [1.807, 2.05) is 30.3 Å². The topological polar surface area (TPSA) is 97.7 Å². The molecule has 9 nitrogen and oxygen atoms in total. The highest BCUT2D eigenvalue weighted by Gasteiger charge is 2.22. The minimum Gasteiger partial charge on any atom is -0.497 e. The van der Waals surface area contributed by atoms with E-state index < -0.39 is 0 Å². The Hall–Kier alpha value is -2.91. The Morgan fingerprint density at radius 1 is 1.09 bits per heavy atom. The van der Waals surface area contributed by atoms with Crippen LogP contribution in [0.25, 0.3) is 5.69 Å². The zero-order chi connectivity index (χ0) is 23.8. The highest BCUT2D eigenvalue weighted by molar-refractivity contribution is 5.92. The molecule has 2 aromatic rings. The number of methoxy groups -OCH3 is 1. The summed E-state index contributed by atoms with van der Waals surface area (Å²) < 4.78 is 12.3. The number of nitrogens with zero attached hydrogens (tertiary/aromatic N) is 3. The molecule has 0 bridgehead atoms. The molecule has 0 spiro atoms. The quantitative estimate of drug-likeness (QED) is 0.600. The maximum absolute atomic E-state index is 12.6. The molecule has 1 aliphatic rings. The molecule has 33 heavy (non-hydrogen) atoms. The zero-order valence-corrected chi connectivity index (χ0v) is 20.0. The van der Waals surface area contributed by atoms with Crippen molar-refractivity contribution < 1.29 is 19.1 Å². The molecule has 2 amide bonds. The Bertz CT molecular complexity index is 927. The molecule has 180 valence electrons. The third kappa shape index (κ3) is 7.30. The van der Waals surface area contributed by atoms with Crippen LogP contribution in [0.4, 0.5) is 5.82 Å². The van der Waals surface area contributed by atoms with Crippen LogP contribution in [0, 0.1) is 0 Å². The molecular formula is C24H35N5O4. The summed E-state index contributed by atoms with van der Waals surface area (Å²) in [4.78, 5) is 27.0. The van der Waals surface area contributed by atoms with Crippen LogP contribution in [0.5, 0.6) is 5.75 Å². The van der Waals surface area contributed by atoms with Crippen LogP contribution in [0.3, 0.4) is 0 Å². The first-order valence-electron chi connectivity index (χ1n) is 11.4. The van der Waals surface area contributed by atoms with Crippen LogP contribution in [0.2, 0.25) is 0 Å². The lowest BCUT2D eigenvalue weighted by molar-refractivity contribution is -0.124. The lowest BCUT2D eigenvalue weighted by Crippen LogP contribution is -2.41. The summed E-state index contributed by atoms with van der Waals surface area (Å²) in [5.74, 6) is 0.959. The van der Waals surface area contributed by atoms with Crippen molar-refractivity contribution in [3.63, 3.8) is 0 Å². The predicted molar refractivity (Wildman–Crippen MR) is 127 cm³/mol. The summed E-state index contributed by atoms with van der Waals surface area (Å²) in [6, 6.07) is 9.34. The molecule has 1 aliphatic heterocycles. The first-order chi connectivity index (χ1) is 15.8. The molecule has 1 aromatic heterocycles. The van der Waals surface area contributed by atoms with E-state index in [4.69, 9.17) is 14.6 Å². The van der Waals surface area contributed by atoms with Gasteiger partial charge in [0.25, 0.3) is 0 Å². The number of anilines is 1. The van der Waals surface area contributed by atoms with E-state index in [1.165, 1.54) is 0 Å². The molecule has 0 radical (unpaired) electrons. The van der Waals surface area contributed by atoms with Gasteiger partial charge in [0.15, 0.2) is 0 Å². The fraction of sp³-hybridized carbons (Fsp3) is 0.542. The van der Waals surface area contributed by atoms with Gasteiger partial charge in [-0.2, -0.15) is 5.10 Å². The second-order valence-electron chi connectivity index (χ2n) is 9.13. The number of morpholine rings is 1. The Labute approximate surface area is 195 Å². The van der Waals surface area contributed by atoms with Crippen LogP contribution in [0.15, 0.2) is 30.3 Å². The van der Waals surface area contributed by atoms with Crippen LogP contribution in [0.1, 0.15) is 39.3 Å². The molecule has 3 rings (SSSR count). The van der Waals surface area contributed by atoms with Crippen LogP contribution >= 0.6 is 0 Å². The van der Waals surface area contributed by atoms with E-state index in [-0.39, 0.29) is 30.1 Å². The minimum absolute atomic E-state index is 0.0992. The Kier molecular flexibility index (Phi) is 8.46. The van der Waals surface area contributed by atoms with E-state index in [0.717, 1.165) is 50.0 Å². The highest BCUT2D eigenvalue weighted by Crippen LogP contribution is 2.27. The average Bonchev–Trinajstić information content (AvgIpc) is 3.23. The van der Waals surface area contributed by atoms with Crippen LogP contribution < -0.4 is 15.4 Å². The van der Waals surface area contributed by atoms with Crippen molar-refractivity contribution >= 4 is 17.6 Å². The van der Waals surface area contributed by atoms with Crippen LogP contribution in [-0.4, -0.2) is 73.0 Å². The van der Waals surface area contributed by atoms with Gasteiger partial charge in [-0.1, -0.05) is 20.8 Å². The third-order valence-corrected chi connectivity index (χ3v) is 5.50. The van der Waals surface area contributed by atoms with Crippen molar-refractivity contribution in [1.82, 2.24) is 20.0 Å². The lowest BCUT2D eigenvalue weighted by atomic mass is 9.92. The van der Waals surface area contributed by atoms with Crippen molar-refractivity contribution in [3.8, 4) is 11.4 Å². The van der Waals surface area contributed by atoms with Gasteiger partial charge in [-0.3, -0.25) is 14.5 Å². The number of aromatic nitrogens is 2. The summed E-state index contributed by atoms with van der Waals surface area (Å²) in [6.07, 6.45) is 0.236. The van der Waals surface area contributed by atoms with Crippen molar-refractivity contribution in [2.45, 2.75) is 39.0 Å². The summed E-state index contributed by atoms with van der Waals surface area (Å²) in [5.41, 5.74) is 1.48. The minimum atomic E-state index is -0.228. The first kappa shape index (κ1) is 24.7. The number of amides is 2. The highest BCUT2D eigenvalue weighted by atomic mass is 16.5. The maximum Gasteiger partial charge on any atom is 0.226 e. The van der Waals surface area contributed by atoms with E-state index >= 15 is 0 Å². The number of ether oxygens (including phenoxy) is 2. The van der Waals surface area contributed by atoms with Gasteiger partial charge in [0.05, 0.1) is 31.7 Å². The van der Waals surface area contributed by atoms with Gasteiger partial charge in [-0.05, 0) is 24.3 Å². The molecule has 0 unspecified atom stereocenters. The third-order valence-electron chi connectivity index (χ3n) is 5.50. The fourth-order valence-electron chi connectivity index (χ4n) is 3.46. The van der Waals surface area contributed by atoms with Crippen molar-refractivity contribution in [3.05, 3.63) is 36.0 Å². The molecule has 9 heteroatoms. The number of rotatable bonds is 9. The second kappa shape index (κ2) is 11.3.